The first-order valence-electron chi connectivity index (χ1n) is 7.66. The number of rotatable bonds is 5. The fourth-order valence-electron chi connectivity index (χ4n) is 2.75. The summed E-state index contributed by atoms with van der Waals surface area (Å²) >= 11 is 0. The van der Waals surface area contributed by atoms with Gasteiger partial charge >= 0.3 is 0 Å². The highest BCUT2D eigenvalue weighted by Gasteiger charge is 2.03. The lowest BCUT2D eigenvalue weighted by Gasteiger charge is -2.13. The first-order chi connectivity index (χ1) is 10.8. The monoisotopic (exact) mass is 291 g/mol. The van der Waals surface area contributed by atoms with Crippen molar-refractivity contribution in [3.05, 3.63) is 71.8 Å². The average Bonchev–Trinajstić information content (AvgIpc) is 2.54. The Balaban J connectivity index is 1.63. The van der Waals surface area contributed by atoms with Crippen LogP contribution in [-0.4, -0.2) is 13.2 Å². The van der Waals surface area contributed by atoms with E-state index in [1.807, 2.05) is 0 Å². The number of nitrogens with one attached hydrogen (secondary N) is 1. The molecule has 112 valence electrons. The topological polar surface area (TPSA) is 21.3 Å². The zero-order valence-electron chi connectivity index (χ0n) is 13.1. The molecule has 0 fully saturated rings. The maximum Gasteiger partial charge on any atom is 0.125 e. The predicted octanol–water partition coefficient (Wildman–Crippen LogP) is 4.95. The highest BCUT2D eigenvalue weighted by atomic mass is 16.5. The smallest absolute Gasteiger partial charge is 0.125 e. The normalized spacial score (nSPS) is 10.6. The van der Waals surface area contributed by atoms with Gasteiger partial charge in [-0.2, -0.15) is 0 Å². The molecule has 0 heterocycles. The Hall–Kier alpha value is -2.48. The van der Waals surface area contributed by atoms with E-state index in [9.17, 15) is 0 Å². The van der Waals surface area contributed by atoms with E-state index in [1.54, 1.807) is 0 Å². The molecule has 0 bridgehead atoms. The molecule has 0 aliphatic carbocycles. The van der Waals surface area contributed by atoms with Gasteiger partial charge in [-0.25, -0.2) is 0 Å². The molecule has 0 unspecified atom stereocenters. The first-order valence-corrected chi connectivity index (χ1v) is 7.66. The van der Waals surface area contributed by atoms with E-state index in [-0.39, 0.29) is 0 Å². The molecular weight excluding hydrogens is 270 g/mol. The number of fused-ring (bicyclic) bond motifs is 1. The molecule has 3 aromatic carbocycles. The second-order valence-electron chi connectivity index (χ2n) is 5.52. The van der Waals surface area contributed by atoms with Gasteiger partial charge in [0.05, 0.1) is 0 Å². The summed E-state index contributed by atoms with van der Waals surface area (Å²) in [6.07, 6.45) is 0. The minimum atomic E-state index is 0.648. The quantitative estimate of drug-likeness (QED) is 0.672. The van der Waals surface area contributed by atoms with Crippen LogP contribution >= 0.6 is 0 Å². The lowest BCUT2D eigenvalue weighted by Crippen LogP contribution is -2.12. The molecule has 3 rings (SSSR count). The van der Waals surface area contributed by atoms with Gasteiger partial charge in [-0.1, -0.05) is 54.6 Å². The van der Waals surface area contributed by atoms with E-state index in [2.05, 4.69) is 79.8 Å². The maximum absolute atomic E-state index is 5.94. The summed E-state index contributed by atoms with van der Waals surface area (Å²) in [5.74, 6) is 1.00. The van der Waals surface area contributed by atoms with Gasteiger partial charge in [-0.3, -0.25) is 0 Å². The second-order valence-corrected chi connectivity index (χ2v) is 5.52. The van der Waals surface area contributed by atoms with Gasteiger partial charge in [-0.15, -0.1) is 0 Å². The van der Waals surface area contributed by atoms with Crippen molar-refractivity contribution in [2.45, 2.75) is 13.8 Å². The van der Waals surface area contributed by atoms with Gasteiger partial charge in [0.2, 0.25) is 0 Å². The number of ether oxygens (including phenoxy) is 1. The lowest BCUT2D eigenvalue weighted by molar-refractivity contribution is 0.328. The van der Waals surface area contributed by atoms with E-state index in [1.165, 1.54) is 21.9 Å². The molecule has 0 aliphatic heterocycles. The molecule has 2 nitrogen and oxygen atoms in total. The SMILES string of the molecule is Cc1cccc(C)c1OCCNc1cccc2ccccc12. The Labute approximate surface area is 131 Å². The second kappa shape index (κ2) is 6.52. The Morgan fingerprint density at radius 3 is 2.32 bits per heavy atom. The van der Waals surface area contributed by atoms with Gasteiger partial charge < -0.3 is 10.1 Å². The van der Waals surface area contributed by atoms with Crippen LogP contribution in [0, 0.1) is 13.8 Å². The van der Waals surface area contributed by atoms with Crippen molar-refractivity contribution in [1.82, 2.24) is 0 Å². The van der Waals surface area contributed by atoms with Crippen LogP contribution < -0.4 is 10.1 Å². The van der Waals surface area contributed by atoms with Crippen molar-refractivity contribution >= 4 is 16.5 Å². The molecule has 0 aliphatic rings. The van der Waals surface area contributed by atoms with Crippen LogP contribution in [0.1, 0.15) is 11.1 Å². The Kier molecular flexibility index (Phi) is 4.29. The van der Waals surface area contributed by atoms with Crippen molar-refractivity contribution in [2.75, 3.05) is 18.5 Å². The molecule has 0 amide bonds. The van der Waals surface area contributed by atoms with Gasteiger partial charge in [-0.05, 0) is 36.4 Å². The molecule has 3 aromatic rings. The molecule has 0 spiro atoms. The van der Waals surface area contributed by atoms with Crippen LogP contribution in [0.3, 0.4) is 0 Å². The van der Waals surface area contributed by atoms with Crippen LogP contribution in [0.25, 0.3) is 10.8 Å². The molecular formula is C20H21NO. The number of hydrogen-bond acceptors (Lipinski definition) is 2. The van der Waals surface area contributed by atoms with Crippen LogP contribution in [0.2, 0.25) is 0 Å². The van der Waals surface area contributed by atoms with Gasteiger partial charge in [0, 0.05) is 17.6 Å². The van der Waals surface area contributed by atoms with E-state index >= 15 is 0 Å². The van der Waals surface area contributed by atoms with Gasteiger partial charge in [0.25, 0.3) is 0 Å². The maximum atomic E-state index is 5.94. The zero-order valence-corrected chi connectivity index (χ0v) is 13.1. The highest BCUT2D eigenvalue weighted by Crippen LogP contribution is 2.24. The molecule has 0 aromatic heterocycles. The summed E-state index contributed by atoms with van der Waals surface area (Å²) in [5.41, 5.74) is 3.53. The third-order valence-corrected chi connectivity index (χ3v) is 3.86. The number of benzene rings is 3. The summed E-state index contributed by atoms with van der Waals surface area (Å²) in [5, 5.41) is 5.97. The fourth-order valence-corrected chi connectivity index (χ4v) is 2.75. The number of aryl methyl sites for hydroxylation is 2. The van der Waals surface area contributed by atoms with E-state index in [4.69, 9.17) is 4.74 Å². The standard InChI is InChI=1S/C20H21NO/c1-15-7-5-8-16(2)20(15)22-14-13-21-19-12-6-10-17-9-3-4-11-18(17)19/h3-12,21H,13-14H2,1-2H3. The van der Waals surface area contributed by atoms with Crippen molar-refractivity contribution < 1.29 is 4.74 Å². The summed E-state index contributed by atoms with van der Waals surface area (Å²) in [4.78, 5) is 0. The largest absolute Gasteiger partial charge is 0.491 e. The van der Waals surface area contributed by atoms with Crippen molar-refractivity contribution in [2.24, 2.45) is 0 Å². The third kappa shape index (κ3) is 3.06. The zero-order chi connectivity index (χ0) is 15.4. The Morgan fingerprint density at radius 1 is 0.818 bits per heavy atom. The molecule has 0 radical (unpaired) electrons. The van der Waals surface area contributed by atoms with E-state index < -0.39 is 0 Å². The number of para-hydroxylation sites is 1. The lowest BCUT2D eigenvalue weighted by atomic mass is 10.1. The predicted molar refractivity (Wildman–Crippen MR) is 93.8 cm³/mol. The number of anilines is 1. The Bertz CT molecular complexity index is 754. The van der Waals surface area contributed by atoms with Gasteiger partial charge in [0.15, 0.2) is 0 Å². The van der Waals surface area contributed by atoms with Gasteiger partial charge in [0.1, 0.15) is 12.4 Å². The first kappa shape index (κ1) is 14.5. The summed E-state index contributed by atoms with van der Waals surface area (Å²) < 4.78 is 5.94. The number of hydrogen-bond donors (Lipinski definition) is 1. The Morgan fingerprint density at radius 2 is 1.50 bits per heavy atom. The summed E-state index contributed by atoms with van der Waals surface area (Å²) in [6, 6.07) is 21.0. The van der Waals surface area contributed by atoms with Crippen LogP contribution in [0.4, 0.5) is 5.69 Å². The summed E-state index contributed by atoms with van der Waals surface area (Å²) in [6.45, 7) is 5.59. The molecule has 0 saturated carbocycles. The van der Waals surface area contributed by atoms with Crippen LogP contribution in [0.15, 0.2) is 60.7 Å². The van der Waals surface area contributed by atoms with Crippen molar-refractivity contribution in [1.29, 1.82) is 0 Å². The summed E-state index contributed by atoms with van der Waals surface area (Å²) in [7, 11) is 0. The average molecular weight is 291 g/mol. The molecule has 2 heteroatoms. The van der Waals surface area contributed by atoms with E-state index in [0.29, 0.717) is 6.61 Å². The minimum absolute atomic E-state index is 0.648. The molecule has 0 atom stereocenters. The van der Waals surface area contributed by atoms with E-state index in [0.717, 1.165) is 18.0 Å². The van der Waals surface area contributed by atoms with Crippen LogP contribution in [0.5, 0.6) is 5.75 Å². The molecule has 1 N–H and O–H groups in total. The minimum Gasteiger partial charge on any atom is -0.491 e. The highest BCUT2D eigenvalue weighted by molar-refractivity contribution is 5.93. The van der Waals surface area contributed by atoms with Crippen molar-refractivity contribution in [3.8, 4) is 5.75 Å². The van der Waals surface area contributed by atoms with Crippen LogP contribution in [-0.2, 0) is 0 Å². The molecule has 0 saturated heterocycles. The van der Waals surface area contributed by atoms with Crippen molar-refractivity contribution in [3.63, 3.8) is 0 Å². The third-order valence-electron chi connectivity index (χ3n) is 3.86. The fraction of sp³-hybridized carbons (Fsp3) is 0.200. The molecule has 22 heavy (non-hydrogen) atoms.